The van der Waals surface area contributed by atoms with Gasteiger partial charge in [0, 0.05) is 31.0 Å². The summed E-state index contributed by atoms with van der Waals surface area (Å²) in [7, 11) is 0. The Morgan fingerprint density at radius 2 is 2.35 bits per heavy atom. The molecular weight excluding hydrogens is 250 g/mol. The monoisotopic (exact) mass is 275 g/mol. The molecule has 2 heterocycles. The van der Waals surface area contributed by atoms with Gasteiger partial charge in [0.05, 0.1) is 5.56 Å². The summed E-state index contributed by atoms with van der Waals surface area (Å²) in [5.74, 6) is 0.734. The maximum atomic E-state index is 12.0. The molecule has 0 aliphatic carbocycles. The zero-order valence-electron chi connectivity index (χ0n) is 12.7. The van der Waals surface area contributed by atoms with Crippen molar-refractivity contribution in [2.75, 3.05) is 19.6 Å². The highest BCUT2D eigenvalue weighted by Crippen LogP contribution is 2.17. The number of amides is 1. The molecular formula is C16H25N3O. The van der Waals surface area contributed by atoms with E-state index in [4.69, 9.17) is 0 Å². The van der Waals surface area contributed by atoms with Crippen LogP contribution >= 0.6 is 0 Å². The number of carbonyl (C=O) groups excluding carboxylic acids is 1. The molecule has 1 amide bonds. The van der Waals surface area contributed by atoms with E-state index in [1.54, 1.807) is 6.20 Å². The molecule has 0 unspecified atom stereocenters. The number of hydrogen-bond donors (Lipinski definition) is 1. The normalized spacial score (nSPS) is 21.4. The van der Waals surface area contributed by atoms with Crippen LogP contribution in [0.1, 0.15) is 42.7 Å². The van der Waals surface area contributed by atoms with Crippen LogP contribution in [0, 0.1) is 12.8 Å². The van der Waals surface area contributed by atoms with Gasteiger partial charge < -0.3 is 5.32 Å². The number of pyridine rings is 1. The molecule has 110 valence electrons. The first kappa shape index (κ1) is 15.0. The van der Waals surface area contributed by atoms with Crippen molar-refractivity contribution in [1.82, 2.24) is 15.2 Å². The summed E-state index contributed by atoms with van der Waals surface area (Å²) in [6, 6.07) is 4.08. The molecule has 1 fully saturated rings. The molecule has 4 heteroatoms. The Bertz CT molecular complexity index is 444. The quantitative estimate of drug-likeness (QED) is 0.916. The number of hydrogen-bond acceptors (Lipinski definition) is 3. The van der Waals surface area contributed by atoms with E-state index in [9.17, 15) is 4.79 Å². The summed E-state index contributed by atoms with van der Waals surface area (Å²) in [6.45, 7) is 9.39. The number of nitrogens with one attached hydrogen (secondary N) is 1. The summed E-state index contributed by atoms with van der Waals surface area (Å²) in [6.07, 6.45) is 4.23. The Morgan fingerprint density at radius 1 is 1.55 bits per heavy atom. The van der Waals surface area contributed by atoms with E-state index in [0.29, 0.717) is 18.2 Å². The summed E-state index contributed by atoms with van der Waals surface area (Å²) in [5, 5.41) is 3.01. The maximum absolute atomic E-state index is 12.0. The molecule has 1 N–H and O–H groups in total. The highest BCUT2D eigenvalue weighted by molar-refractivity contribution is 5.93. The van der Waals surface area contributed by atoms with E-state index in [1.807, 2.05) is 19.1 Å². The van der Waals surface area contributed by atoms with Crippen molar-refractivity contribution in [3.05, 3.63) is 29.6 Å². The van der Waals surface area contributed by atoms with Gasteiger partial charge in [-0.1, -0.05) is 6.92 Å². The number of rotatable bonds is 4. The summed E-state index contributed by atoms with van der Waals surface area (Å²) >= 11 is 0. The van der Waals surface area contributed by atoms with Crippen LogP contribution in [-0.4, -0.2) is 41.5 Å². The highest BCUT2D eigenvalue weighted by atomic mass is 16.1. The van der Waals surface area contributed by atoms with Crippen molar-refractivity contribution in [3.8, 4) is 0 Å². The molecule has 1 saturated heterocycles. The SMILES string of the molecule is Cc1ccc(C(=O)NC[C@@H](C)N2CCC[C@@H](C)C2)cn1. The van der Waals surface area contributed by atoms with Gasteiger partial charge in [-0.25, -0.2) is 0 Å². The zero-order chi connectivity index (χ0) is 14.5. The first-order valence-corrected chi connectivity index (χ1v) is 7.51. The molecule has 1 aromatic rings. The molecule has 20 heavy (non-hydrogen) atoms. The van der Waals surface area contributed by atoms with Gasteiger partial charge in [0.1, 0.15) is 0 Å². The van der Waals surface area contributed by atoms with E-state index >= 15 is 0 Å². The predicted octanol–water partition coefficient (Wildman–Crippen LogP) is 2.24. The lowest BCUT2D eigenvalue weighted by atomic mass is 9.99. The summed E-state index contributed by atoms with van der Waals surface area (Å²) in [5.41, 5.74) is 1.56. The van der Waals surface area contributed by atoms with E-state index in [1.165, 1.54) is 12.8 Å². The third kappa shape index (κ3) is 4.04. The van der Waals surface area contributed by atoms with Gasteiger partial charge in [0.15, 0.2) is 0 Å². The molecule has 1 aromatic heterocycles. The van der Waals surface area contributed by atoms with Crippen molar-refractivity contribution < 1.29 is 4.79 Å². The van der Waals surface area contributed by atoms with Gasteiger partial charge >= 0.3 is 0 Å². The number of piperidine rings is 1. The lowest BCUT2D eigenvalue weighted by molar-refractivity contribution is 0.0917. The molecule has 0 radical (unpaired) electrons. The van der Waals surface area contributed by atoms with Crippen LogP contribution in [0.25, 0.3) is 0 Å². The van der Waals surface area contributed by atoms with Crippen LogP contribution < -0.4 is 5.32 Å². The summed E-state index contributed by atoms with van der Waals surface area (Å²) in [4.78, 5) is 18.7. The van der Waals surface area contributed by atoms with Gasteiger partial charge in [-0.05, 0) is 51.3 Å². The van der Waals surface area contributed by atoms with E-state index in [2.05, 4.69) is 29.0 Å². The van der Waals surface area contributed by atoms with Gasteiger partial charge in [-0.3, -0.25) is 14.7 Å². The van der Waals surface area contributed by atoms with E-state index < -0.39 is 0 Å². The standard InChI is InChI=1S/C16H25N3O/c1-12-5-4-8-19(11-12)14(3)9-18-16(20)15-7-6-13(2)17-10-15/h6-7,10,12,14H,4-5,8-9,11H2,1-3H3,(H,18,20)/t12-,14-/m1/s1. The van der Waals surface area contributed by atoms with Crippen LogP contribution in [0.3, 0.4) is 0 Å². The minimum Gasteiger partial charge on any atom is -0.350 e. The van der Waals surface area contributed by atoms with Crippen LogP contribution in [0.4, 0.5) is 0 Å². The molecule has 2 rings (SSSR count). The van der Waals surface area contributed by atoms with Crippen molar-refractivity contribution in [1.29, 1.82) is 0 Å². The van der Waals surface area contributed by atoms with Gasteiger partial charge in [0.2, 0.25) is 0 Å². The first-order valence-electron chi connectivity index (χ1n) is 7.51. The second-order valence-corrected chi connectivity index (χ2v) is 5.99. The fourth-order valence-electron chi connectivity index (χ4n) is 2.70. The molecule has 2 atom stereocenters. The third-order valence-electron chi connectivity index (χ3n) is 4.04. The highest BCUT2D eigenvalue weighted by Gasteiger charge is 2.21. The average Bonchev–Trinajstić information content (AvgIpc) is 2.45. The fraction of sp³-hybridized carbons (Fsp3) is 0.625. The zero-order valence-corrected chi connectivity index (χ0v) is 12.7. The number of aryl methyl sites for hydroxylation is 1. The third-order valence-corrected chi connectivity index (χ3v) is 4.04. The Balaban J connectivity index is 1.82. The number of aromatic nitrogens is 1. The smallest absolute Gasteiger partial charge is 0.252 e. The molecule has 0 spiro atoms. The van der Waals surface area contributed by atoms with Crippen LogP contribution in [0.2, 0.25) is 0 Å². The minimum atomic E-state index is -0.0330. The number of likely N-dealkylation sites (tertiary alicyclic amines) is 1. The lowest BCUT2D eigenvalue weighted by Crippen LogP contribution is -2.46. The molecule has 1 aliphatic heterocycles. The van der Waals surface area contributed by atoms with Crippen LogP contribution in [-0.2, 0) is 0 Å². The average molecular weight is 275 g/mol. The maximum Gasteiger partial charge on any atom is 0.252 e. The number of nitrogens with zero attached hydrogens (tertiary/aromatic N) is 2. The molecule has 0 aromatic carbocycles. The van der Waals surface area contributed by atoms with Gasteiger partial charge in [-0.15, -0.1) is 0 Å². The fourth-order valence-corrected chi connectivity index (χ4v) is 2.70. The Hall–Kier alpha value is -1.42. The van der Waals surface area contributed by atoms with Gasteiger partial charge in [0.25, 0.3) is 5.91 Å². The Kier molecular flexibility index (Phi) is 5.12. The van der Waals surface area contributed by atoms with E-state index in [0.717, 1.165) is 24.7 Å². The molecule has 4 nitrogen and oxygen atoms in total. The van der Waals surface area contributed by atoms with Crippen LogP contribution in [0.5, 0.6) is 0 Å². The first-order chi connectivity index (χ1) is 9.56. The second kappa shape index (κ2) is 6.84. The van der Waals surface area contributed by atoms with Crippen molar-refractivity contribution >= 4 is 5.91 Å². The molecule has 0 saturated carbocycles. The minimum absolute atomic E-state index is 0.0330. The van der Waals surface area contributed by atoms with Gasteiger partial charge in [-0.2, -0.15) is 0 Å². The largest absolute Gasteiger partial charge is 0.350 e. The topological polar surface area (TPSA) is 45.2 Å². The molecule has 0 bridgehead atoms. The Labute approximate surface area is 121 Å². The van der Waals surface area contributed by atoms with Crippen LogP contribution in [0.15, 0.2) is 18.3 Å². The van der Waals surface area contributed by atoms with Crippen molar-refractivity contribution in [2.24, 2.45) is 5.92 Å². The summed E-state index contributed by atoms with van der Waals surface area (Å²) < 4.78 is 0. The van der Waals surface area contributed by atoms with Crippen molar-refractivity contribution in [3.63, 3.8) is 0 Å². The molecule has 1 aliphatic rings. The Morgan fingerprint density at radius 3 is 3.00 bits per heavy atom. The van der Waals surface area contributed by atoms with E-state index in [-0.39, 0.29) is 5.91 Å². The number of carbonyl (C=O) groups is 1. The predicted molar refractivity (Wildman–Crippen MR) is 80.7 cm³/mol. The lowest BCUT2D eigenvalue weighted by Gasteiger charge is -2.35. The second-order valence-electron chi connectivity index (χ2n) is 5.99. The van der Waals surface area contributed by atoms with Crippen molar-refractivity contribution in [2.45, 2.75) is 39.7 Å².